The molecule has 0 aliphatic heterocycles. The lowest BCUT2D eigenvalue weighted by atomic mass is 10.1. The standard InChI is InChI=1S/C18H19N3O3S2/c1-5-21-17(24)16-12(6-7-25-16)20-18(21)26-8-13(23)15-9(2)14(11(4)22)10(3)19-15/h6-7,19H,5,8H2,1-4H3. The van der Waals surface area contributed by atoms with Crippen LogP contribution < -0.4 is 5.56 Å². The Balaban J connectivity index is 1.89. The van der Waals surface area contributed by atoms with Crippen LogP contribution in [-0.2, 0) is 6.54 Å². The Morgan fingerprint density at radius 3 is 2.69 bits per heavy atom. The lowest BCUT2D eigenvalue weighted by Gasteiger charge is -2.09. The molecule has 0 saturated carbocycles. The van der Waals surface area contributed by atoms with E-state index in [0.717, 1.165) is 0 Å². The lowest BCUT2D eigenvalue weighted by molar-refractivity contribution is 0.101. The summed E-state index contributed by atoms with van der Waals surface area (Å²) in [6, 6.07) is 1.81. The normalized spacial score (nSPS) is 11.2. The van der Waals surface area contributed by atoms with Crippen molar-refractivity contribution in [1.29, 1.82) is 0 Å². The third kappa shape index (κ3) is 3.14. The van der Waals surface area contributed by atoms with Gasteiger partial charge in [-0.1, -0.05) is 11.8 Å². The molecule has 0 amide bonds. The first-order valence-corrected chi connectivity index (χ1v) is 10.1. The highest BCUT2D eigenvalue weighted by Gasteiger charge is 2.21. The molecule has 0 bridgehead atoms. The molecule has 0 aliphatic rings. The maximum Gasteiger partial charge on any atom is 0.272 e. The van der Waals surface area contributed by atoms with E-state index in [4.69, 9.17) is 0 Å². The second-order valence-corrected chi connectivity index (χ2v) is 7.83. The highest BCUT2D eigenvalue weighted by atomic mass is 32.2. The molecule has 0 aliphatic carbocycles. The number of thiophene rings is 1. The Kier molecular flexibility index (Phi) is 5.15. The van der Waals surface area contributed by atoms with E-state index in [1.54, 1.807) is 18.4 Å². The fourth-order valence-corrected chi connectivity index (χ4v) is 4.79. The van der Waals surface area contributed by atoms with Gasteiger partial charge in [0.15, 0.2) is 16.7 Å². The van der Waals surface area contributed by atoms with Crippen molar-refractivity contribution in [1.82, 2.24) is 14.5 Å². The van der Waals surface area contributed by atoms with Crippen LogP contribution in [0.2, 0.25) is 0 Å². The van der Waals surface area contributed by atoms with E-state index in [9.17, 15) is 14.4 Å². The molecular weight excluding hydrogens is 370 g/mol. The molecular formula is C18H19N3O3S2. The second kappa shape index (κ2) is 7.20. The van der Waals surface area contributed by atoms with Gasteiger partial charge in [-0.2, -0.15) is 0 Å². The van der Waals surface area contributed by atoms with Crippen molar-refractivity contribution in [3.05, 3.63) is 44.3 Å². The van der Waals surface area contributed by atoms with Gasteiger partial charge in [-0.05, 0) is 44.7 Å². The molecule has 1 N–H and O–H groups in total. The van der Waals surface area contributed by atoms with E-state index < -0.39 is 0 Å². The first-order valence-electron chi connectivity index (χ1n) is 8.19. The highest BCUT2D eigenvalue weighted by Crippen LogP contribution is 2.24. The van der Waals surface area contributed by atoms with Gasteiger partial charge in [0, 0.05) is 17.8 Å². The predicted octanol–water partition coefficient (Wildman–Crippen LogP) is 3.60. The number of ketones is 2. The quantitative estimate of drug-likeness (QED) is 0.395. The summed E-state index contributed by atoms with van der Waals surface area (Å²) in [6.45, 7) is 7.42. The zero-order valence-corrected chi connectivity index (χ0v) is 16.6. The summed E-state index contributed by atoms with van der Waals surface area (Å²) in [7, 11) is 0. The van der Waals surface area contributed by atoms with Crippen molar-refractivity contribution in [2.75, 3.05) is 5.75 Å². The molecule has 0 aromatic carbocycles. The molecule has 0 spiro atoms. The van der Waals surface area contributed by atoms with Crippen LogP contribution in [0, 0.1) is 13.8 Å². The average Bonchev–Trinajstić information content (AvgIpc) is 3.17. The van der Waals surface area contributed by atoms with E-state index in [1.165, 1.54) is 30.0 Å². The minimum Gasteiger partial charge on any atom is -0.355 e. The number of hydrogen-bond acceptors (Lipinski definition) is 6. The number of rotatable bonds is 6. The molecule has 0 fully saturated rings. The Morgan fingerprint density at radius 1 is 1.35 bits per heavy atom. The molecule has 3 aromatic rings. The van der Waals surface area contributed by atoms with Gasteiger partial charge < -0.3 is 4.98 Å². The van der Waals surface area contributed by atoms with Crippen molar-refractivity contribution in [2.45, 2.75) is 39.4 Å². The number of aromatic nitrogens is 3. The molecule has 0 radical (unpaired) electrons. The number of aromatic amines is 1. The fraction of sp³-hybridized carbons (Fsp3) is 0.333. The third-order valence-electron chi connectivity index (χ3n) is 4.25. The minimum absolute atomic E-state index is 0.0626. The van der Waals surface area contributed by atoms with Gasteiger partial charge in [-0.25, -0.2) is 4.98 Å². The van der Waals surface area contributed by atoms with Gasteiger partial charge in [0.2, 0.25) is 0 Å². The van der Waals surface area contributed by atoms with Crippen LogP contribution in [0.4, 0.5) is 0 Å². The zero-order valence-electron chi connectivity index (χ0n) is 15.0. The number of hydrogen-bond donors (Lipinski definition) is 1. The number of fused-ring (bicyclic) bond motifs is 1. The summed E-state index contributed by atoms with van der Waals surface area (Å²) in [5.74, 6) is -0.0435. The molecule has 3 heterocycles. The van der Waals surface area contributed by atoms with Crippen LogP contribution in [0.5, 0.6) is 0 Å². The number of thioether (sulfide) groups is 1. The zero-order chi connectivity index (χ0) is 19.0. The first-order chi connectivity index (χ1) is 12.3. The summed E-state index contributed by atoms with van der Waals surface area (Å²) in [6.07, 6.45) is 0. The molecule has 0 unspecified atom stereocenters. The number of carbonyl (C=O) groups excluding carboxylic acids is 2. The van der Waals surface area contributed by atoms with Crippen molar-refractivity contribution in [3.63, 3.8) is 0 Å². The van der Waals surface area contributed by atoms with E-state index in [2.05, 4.69) is 9.97 Å². The molecule has 0 atom stereocenters. The third-order valence-corrected chi connectivity index (χ3v) is 6.12. The van der Waals surface area contributed by atoms with Gasteiger partial charge in [0.25, 0.3) is 5.56 Å². The van der Waals surface area contributed by atoms with Crippen LogP contribution in [0.15, 0.2) is 21.4 Å². The number of nitrogens with zero attached hydrogens (tertiary/aromatic N) is 2. The van der Waals surface area contributed by atoms with Crippen LogP contribution >= 0.6 is 23.1 Å². The van der Waals surface area contributed by atoms with E-state index in [0.29, 0.717) is 44.4 Å². The van der Waals surface area contributed by atoms with Gasteiger partial charge >= 0.3 is 0 Å². The Labute approximate surface area is 158 Å². The molecule has 8 heteroatoms. The Bertz CT molecular complexity index is 1080. The van der Waals surface area contributed by atoms with Crippen LogP contribution in [-0.4, -0.2) is 31.9 Å². The lowest BCUT2D eigenvalue weighted by Crippen LogP contribution is -2.22. The predicted molar refractivity (Wildman–Crippen MR) is 105 cm³/mol. The maximum absolute atomic E-state index is 12.6. The maximum atomic E-state index is 12.6. The average molecular weight is 390 g/mol. The molecule has 136 valence electrons. The summed E-state index contributed by atoms with van der Waals surface area (Å²) < 4.78 is 2.22. The van der Waals surface area contributed by atoms with Gasteiger partial charge in [0.05, 0.1) is 17.0 Å². The van der Waals surface area contributed by atoms with E-state index >= 15 is 0 Å². The number of Topliss-reactive ketones (excluding diaryl/α,β-unsaturated/α-hetero) is 2. The van der Waals surface area contributed by atoms with Gasteiger partial charge in [-0.15, -0.1) is 11.3 Å². The summed E-state index contributed by atoms with van der Waals surface area (Å²) in [5, 5.41) is 2.37. The van der Waals surface area contributed by atoms with E-state index in [1.807, 2.05) is 18.4 Å². The van der Waals surface area contributed by atoms with Gasteiger partial charge in [0.1, 0.15) is 4.70 Å². The Hall–Kier alpha value is -2.19. The first kappa shape index (κ1) is 18.6. The summed E-state index contributed by atoms with van der Waals surface area (Å²) in [5.41, 5.74) is 2.98. The SMILES string of the molecule is CCn1c(SCC(=O)c2[nH]c(C)c(C(C)=O)c2C)nc2ccsc2c1=O. The van der Waals surface area contributed by atoms with Crippen molar-refractivity contribution >= 4 is 44.9 Å². The monoisotopic (exact) mass is 389 g/mol. The van der Waals surface area contributed by atoms with Gasteiger partial charge in [-0.3, -0.25) is 19.0 Å². The molecule has 3 aromatic heterocycles. The summed E-state index contributed by atoms with van der Waals surface area (Å²) >= 11 is 2.61. The number of H-pyrrole nitrogens is 1. The van der Waals surface area contributed by atoms with Crippen LogP contribution in [0.1, 0.15) is 46.0 Å². The second-order valence-electron chi connectivity index (χ2n) is 5.97. The fourth-order valence-electron chi connectivity index (χ4n) is 3.07. The smallest absolute Gasteiger partial charge is 0.272 e. The molecule has 3 rings (SSSR count). The topological polar surface area (TPSA) is 84.8 Å². The van der Waals surface area contributed by atoms with E-state index in [-0.39, 0.29) is 22.9 Å². The summed E-state index contributed by atoms with van der Waals surface area (Å²) in [4.78, 5) is 44.5. The number of nitrogens with one attached hydrogen (secondary N) is 1. The van der Waals surface area contributed by atoms with Crippen molar-refractivity contribution in [2.24, 2.45) is 0 Å². The van der Waals surface area contributed by atoms with Crippen LogP contribution in [0.25, 0.3) is 10.2 Å². The van der Waals surface area contributed by atoms with Crippen molar-refractivity contribution in [3.8, 4) is 0 Å². The number of carbonyl (C=O) groups is 2. The Morgan fingerprint density at radius 2 is 2.08 bits per heavy atom. The number of aryl methyl sites for hydroxylation is 1. The largest absolute Gasteiger partial charge is 0.355 e. The molecule has 0 saturated heterocycles. The highest BCUT2D eigenvalue weighted by molar-refractivity contribution is 7.99. The minimum atomic E-state index is -0.120. The van der Waals surface area contributed by atoms with Crippen LogP contribution in [0.3, 0.4) is 0 Å². The molecule has 6 nitrogen and oxygen atoms in total. The van der Waals surface area contributed by atoms with Crippen molar-refractivity contribution < 1.29 is 9.59 Å². The molecule has 26 heavy (non-hydrogen) atoms.